The molecule has 4 bridgehead atoms. The molecule has 3 aromatic rings. The molecule has 182 valence electrons. The Morgan fingerprint density at radius 1 is 1.24 bits per heavy atom. The Morgan fingerprint density at radius 3 is 2.85 bits per heavy atom. The number of ether oxygens (including phenoxy) is 1. The first kappa shape index (κ1) is 24.2. The molecular weight excluding hydrogens is 446 g/mol. The monoisotopic (exact) mass is 481 g/mol. The number of fused-ring (bicyclic) bond motifs is 4. The fourth-order valence-electron chi connectivity index (χ4n) is 3.65. The van der Waals surface area contributed by atoms with Crippen molar-refractivity contribution in [3.8, 4) is 16.9 Å². The molecule has 1 amide bonds. The van der Waals surface area contributed by atoms with Crippen LogP contribution in [-0.4, -0.2) is 66.6 Å². The predicted octanol–water partition coefficient (Wildman–Crippen LogP) is 4.44. The van der Waals surface area contributed by atoms with Crippen LogP contribution in [0.3, 0.4) is 0 Å². The van der Waals surface area contributed by atoms with E-state index in [-0.39, 0.29) is 10.9 Å². The fraction of sp³-hybridized carbons (Fsp3) is 0.480. The first-order valence-corrected chi connectivity index (χ1v) is 14.8. The third-order valence-corrected chi connectivity index (χ3v) is 11.3. The van der Waals surface area contributed by atoms with Crippen LogP contribution >= 0.6 is 0 Å². The van der Waals surface area contributed by atoms with Gasteiger partial charge in [-0.1, -0.05) is 32.9 Å². The highest BCUT2D eigenvalue weighted by Crippen LogP contribution is 2.36. The van der Waals surface area contributed by atoms with Crippen molar-refractivity contribution >= 4 is 25.7 Å². The van der Waals surface area contributed by atoms with Crippen molar-refractivity contribution < 1.29 is 14.0 Å². The minimum Gasteiger partial charge on any atom is -0.492 e. The molecule has 0 saturated heterocycles. The number of hydrogen-bond donors (Lipinski definition) is 1. The third kappa shape index (κ3) is 5.42. The molecule has 1 aliphatic heterocycles. The molecule has 0 fully saturated rings. The van der Waals surface area contributed by atoms with Crippen LogP contribution in [-0.2, 0) is 9.22 Å². The molecule has 0 spiro atoms. The topological polar surface area (TPSA) is 81.0 Å². The molecule has 9 heteroatoms. The second-order valence-electron chi connectivity index (χ2n) is 10.2. The number of benzene rings is 1. The largest absolute Gasteiger partial charge is 0.492 e. The summed E-state index contributed by atoms with van der Waals surface area (Å²) in [7, 11) is -1.88. The molecule has 4 rings (SSSR count). The molecule has 34 heavy (non-hydrogen) atoms. The number of rotatable bonds is 4. The summed E-state index contributed by atoms with van der Waals surface area (Å²) < 4.78 is 14.0. The molecular formula is C25H35N5O3Si. The van der Waals surface area contributed by atoms with Gasteiger partial charge in [0.2, 0.25) is 5.91 Å². The van der Waals surface area contributed by atoms with Gasteiger partial charge in [-0.15, -0.1) is 0 Å². The molecule has 0 saturated carbocycles. The summed E-state index contributed by atoms with van der Waals surface area (Å²) in [6.45, 7) is 13.6. The first-order valence-electron chi connectivity index (χ1n) is 11.9. The van der Waals surface area contributed by atoms with Crippen molar-refractivity contribution in [1.29, 1.82) is 0 Å². The van der Waals surface area contributed by atoms with Crippen molar-refractivity contribution in [1.82, 2.24) is 19.5 Å². The van der Waals surface area contributed by atoms with Gasteiger partial charge in [0.1, 0.15) is 18.2 Å². The number of carbonyl (C=O) groups excluding carboxylic acids is 1. The summed E-state index contributed by atoms with van der Waals surface area (Å²) >= 11 is 0. The van der Waals surface area contributed by atoms with Gasteiger partial charge in [0.15, 0.2) is 14.0 Å². The molecule has 3 heterocycles. The van der Waals surface area contributed by atoms with Gasteiger partial charge in [-0.25, -0.2) is 9.50 Å². The summed E-state index contributed by atoms with van der Waals surface area (Å²) in [6, 6.07) is 9.80. The average molecular weight is 482 g/mol. The zero-order valence-corrected chi connectivity index (χ0v) is 21.8. The lowest BCUT2D eigenvalue weighted by molar-refractivity contribution is -0.132. The number of amides is 1. The van der Waals surface area contributed by atoms with E-state index in [4.69, 9.17) is 14.1 Å². The SMILES string of the molecule is CC(C)(C)[Si](C)(C)OCCC(=O)N1CCNc2ccn3ncc(c3n2)-c2cccc(c2)OCC1. The van der Waals surface area contributed by atoms with E-state index in [1.165, 1.54) is 0 Å². The Balaban J connectivity index is 1.48. The van der Waals surface area contributed by atoms with Crippen molar-refractivity contribution in [2.75, 3.05) is 38.2 Å². The normalized spacial score (nSPS) is 15.0. The van der Waals surface area contributed by atoms with Crippen LogP contribution < -0.4 is 10.1 Å². The maximum Gasteiger partial charge on any atom is 0.225 e. The van der Waals surface area contributed by atoms with Crippen LogP contribution in [0.4, 0.5) is 5.82 Å². The molecule has 2 aromatic heterocycles. The number of hydrogen-bond acceptors (Lipinski definition) is 6. The smallest absolute Gasteiger partial charge is 0.225 e. The Labute approximate surface area is 202 Å². The Morgan fingerprint density at radius 2 is 2.06 bits per heavy atom. The van der Waals surface area contributed by atoms with Gasteiger partial charge < -0.3 is 19.4 Å². The van der Waals surface area contributed by atoms with Crippen LogP contribution in [0.5, 0.6) is 5.75 Å². The fourth-order valence-corrected chi connectivity index (χ4v) is 4.69. The molecule has 8 nitrogen and oxygen atoms in total. The lowest BCUT2D eigenvalue weighted by Gasteiger charge is -2.36. The molecule has 0 atom stereocenters. The third-order valence-electron chi connectivity index (χ3n) is 6.77. The van der Waals surface area contributed by atoms with Crippen LogP contribution in [0.15, 0.2) is 42.7 Å². The average Bonchev–Trinajstić information content (AvgIpc) is 3.20. The quantitative estimate of drug-likeness (QED) is 0.555. The van der Waals surface area contributed by atoms with Crippen LogP contribution in [0.1, 0.15) is 27.2 Å². The first-order chi connectivity index (χ1) is 16.1. The van der Waals surface area contributed by atoms with Crippen molar-refractivity contribution in [2.24, 2.45) is 0 Å². The summed E-state index contributed by atoms with van der Waals surface area (Å²) in [4.78, 5) is 19.7. The number of nitrogens with zero attached hydrogens (tertiary/aromatic N) is 4. The van der Waals surface area contributed by atoms with Gasteiger partial charge in [-0.3, -0.25) is 4.79 Å². The molecule has 0 radical (unpaired) electrons. The van der Waals surface area contributed by atoms with Crippen LogP contribution in [0.25, 0.3) is 16.8 Å². The second kappa shape index (κ2) is 9.75. The highest BCUT2D eigenvalue weighted by atomic mass is 28.4. The summed E-state index contributed by atoms with van der Waals surface area (Å²) in [5, 5.41) is 7.90. The molecule has 1 aliphatic rings. The van der Waals surface area contributed by atoms with E-state index >= 15 is 0 Å². The number of anilines is 1. The summed E-state index contributed by atoms with van der Waals surface area (Å²) in [5.74, 6) is 1.59. The highest BCUT2D eigenvalue weighted by Gasteiger charge is 2.37. The van der Waals surface area contributed by atoms with Gasteiger partial charge in [-0.05, 0) is 41.9 Å². The standard InChI is InChI=1S/C25H35N5O3Si/c1-25(2,3)34(4,5)33-15-10-23(31)29-13-11-26-22-9-12-30-24(28-22)21(18-27-30)19-7-6-8-20(17-19)32-16-14-29/h6-9,12,17-18H,10-11,13-16H2,1-5H3,(H,26,28). The second-order valence-corrected chi connectivity index (χ2v) is 15.0. The lowest BCUT2D eigenvalue weighted by Crippen LogP contribution is -2.42. The molecule has 1 N–H and O–H groups in total. The van der Waals surface area contributed by atoms with E-state index in [0.29, 0.717) is 39.3 Å². The van der Waals surface area contributed by atoms with E-state index < -0.39 is 8.32 Å². The maximum atomic E-state index is 13.1. The van der Waals surface area contributed by atoms with Crippen molar-refractivity contribution in [3.05, 3.63) is 42.7 Å². The van der Waals surface area contributed by atoms with Crippen LogP contribution in [0, 0.1) is 0 Å². The van der Waals surface area contributed by atoms with E-state index in [9.17, 15) is 4.79 Å². The molecule has 0 unspecified atom stereocenters. The zero-order chi connectivity index (χ0) is 24.3. The van der Waals surface area contributed by atoms with E-state index in [1.807, 2.05) is 47.6 Å². The minimum absolute atomic E-state index is 0.0754. The van der Waals surface area contributed by atoms with E-state index in [1.54, 1.807) is 4.52 Å². The van der Waals surface area contributed by atoms with Gasteiger partial charge >= 0.3 is 0 Å². The van der Waals surface area contributed by atoms with Gasteiger partial charge in [0.05, 0.1) is 12.7 Å². The maximum absolute atomic E-state index is 13.1. The van der Waals surface area contributed by atoms with Crippen molar-refractivity contribution in [2.45, 2.75) is 45.3 Å². The van der Waals surface area contributed by atoms with Gasteiger partial charge in [0.25, 0.3) is 0 Å². The number of nitrogens with one attached hydrogen (secondary N) is 1. The Bertz CT molecular complexity index is 1150. The van der Waals surface area contributed by atoms with E-state index in [0.717, 1.165) is 28.3 Å². The van der Waals surface area contributed by atoms with Crippen molar-refractivity contribution in [3.63, 3.8) is 0 Å². The Hall–Kier alpha value is -2.91. The number of aromatic nitrogens is 3. The summed E-state index contributed by atoms with van der Waals surface area (Å²) in [5.41, 5.74) is 2.71. The van der Waals surface area contributed by atoms with E-state index in [2.05, 4.69) is 44.3 Å². The summed E-state index contributed by atoms with van der Waals surface area (Å²) in [6.07, 6.45) is 4.08. The van der Waals surface area contributed by atoms with Crippen LogP contribution in [0.2, 0.25) is 18.1 Å². The Kier molecular flexibility index (Phi) is 6.95. The highest BCUT2D eigenvalue weighted by molar-refractivity contribution is 6.74. The zero-order valence-electron chi connectivity index (χ0n) is 20.8. The molecule has 0 aliphatic carbocycles. The predicted molar refractivity (Wildman–Crippen MR) is 137 cm³/mol. The van der Waals surface area contributed by atoms with Gasteiger partial charge in [-0.2, -0.15) is 5.10 Å². The number of carbonyl (C=O) groups is 1. The minimum atomic E-state index is -1.88. The lowest BCUT2D eigenvalue weighted by atomic mass is 10.1. The molecule has 1 aromatic carbocycles. The van der Waals surface area contributed by atoms with Gasteiger partial charge in [0, 0.05) is 37.9 Å².